The molecule has 0 aliphatic heterocycles. The third-order valence-corrected chi connectivity index (χ3v) is 6.02. The number of carbonyl (C=O) groups is 1. The van der Waals surface area contributed by atoms with Crippen molar-refractivity contribution in [3.63, 3.8) is 0 Å². The topological polar surface area (TPSA) is 79.6 Å². The summed E-state index contributed by atoms with van der Waals surface area (Å²) in [7, 11) is -0.774. The SMILES string of the molecule is Cc1ccc(S(=O)(=O)N(C)C)cc1NC(=O)c1ccc(-c2ccccc2F)o1. The highest BCUT2D eigenvalue weighted by molar-refractivity contribution is 7.89. The fourth-order valence-corrected chi connectivity index (χ4v) is 3.49. The van der Waals surface area contributed by atoms with E-state index in [1.807, 2.05) is 0 Å². The number of hydrogen-bond donors (Lipinski definition) is 1. The molecule has 0 fully saturated rings. The molecule has 0 bridgehead atoms. The van der Waals surface area contributed by atoms with Gasteiger partial charge < -0.3 is 9.73 Å². The van der Waals surface area contributed by atoms with E-state index in [4.69, 9.17) is 4.42 Å². The Kier molecular flexibility index (Phi) is 5.35. The van der Waals surface area contributed by atoms with Crippen molar-refractivity contribution in [3.05, 3.63) is 71.7 Å². The molecule has 3 rings (SSSR count). The molecule has 8 heteroatoms. The van der Waals surface area contributed by atoms with Crippen LogP contribution in [0.3, 0.4) is 0 Å². The Labute approximate surface area is 162 Å². The van der Waals surface area contributed by atoms with Gasteiger partial charge in [0.1, 0.15) is 11.6 Å². The molecule has 1 amide bonds. The molecule has 0 unspecified atom stereocenters. The predicted molar refractivity (Wildman–Crippen MR) is 104 cm³/mol. The normalized spacial score (nSPS) is 11.6. The van der Waals surface area contributed by atoms with Crippen LogP contribution >= 0.6 is 0 Å². The van der Waals surface area contributed by atoms with Gasteiger partial charge in [-0.15, -0.1) is 0 Å². The highest BCUT2D eigenvalue weighted by Crippen LogP contribution is 2.26. The van der Waals surface area contributed by atoms with E-state index in [-0.39, 0.29) is 22.0 Å². The van der Waals surface area contributed by atoms with Crippen LogP contribution < -0.4 is 5.32 Å². The molecule has 0 atom stereocenters. The lowest BCUT2D eigenvalue weighted by atomic mass is 10.1. The summed E-state index contributed by atoms with van der Waals surface area (Å²) in [4.78, 5) is 12.6. The number of anilines is 1. The maximum absolute atomic E-state index is 13.9. The van der Waals surface area contributed by atoms with E-state index in [0.717, 1.165) is 4.31 Å². The van der Waals surface area contributed by atoms with Crippen molar-refractivity contribution in [1.82, 2.24) is 4.31 Å². The van der Waals surface area contributed by atoms with Gasteiger partial charge in [-0.2, -0.15) is 0 Å². The Morgan fingerprint density at radius 3 is 2.46 bits per heavy atom. The molecule has 1 aromatic heterocycles. The van der Waals surface area contributed by atoms with Crippen LogP contribution in [0.25, 0.3) is 11.3 Å². The molecule has 0 saturated carbocycles. The van der Waals surface area contributed by atoms with Crippen LogP contribution in [0.5, 0.6) is 0 Å². The second-order valence-electron chi connectivity index (χ2n) is 6.36. The lowest BCUT2D eigenvalue weighted by molar-refractivity contribution is 0.0997. The average molecular weight is 402 g/mol. The van der Waals surface area contributed by atoms with E-state index in [1.54, 1.807) is 31.2 Å². The van der Waals surface area contributed by atoms with E-state index in [2.05, 4.69) is 5.32 Å². The predicted octanol–water partition coefficient (Wildman–Crippen LogP) is 3.90. The number of nitrogens with zero attached hydrogens (tertiary/aromatic N) is 1. The third-order valence-electron chi connectivity index (χ3n) is 4.20. The summed E-state index contributed by atoms with van der Waals surface area (Å²) in [5.41, 5.74) is 1.28. The molecular weight excluding hydrogens is 383 g/mol. The van der Waals surface area contributed by atoms with Crippen molar-refractivity contribution in [3.8, 4) is 11.3 Å². The van der Waals surface area contributed by atoms with Gasteiger partial charge >= 0.3 is 0 Å². The van der Waals surface area contributed by atoms with Gasteiger partial charge in [0.05, 0.1) is 10.5 Å². The van der Waals surface area contributed by atoms with Crippen molar-refractivity contribution in [2.45, 2.75) is 11.8 Å². The number of rotatable bonds is 5. The number of nitrogens with one attached hydrogen (secondary N) is 1. The van der Waals surface area contributed by atoms with Crippen LogP contribution in [0.15, 0.2) is 63.9 Å². The molecule has 0 spiro atoms. The first-order valence-corrected chi connectivity index (χ1v) is 9.83. The summed E-state index contributed by atoms with van der Waals surface area (Å²) in [6.45, 7) is 1.74. The molecule has 0 saturated heterocycles. The number of benzene rings is 2. The number of aryl methyl sites for hydroxylation is 1. The summed E-state index contributed by atoms with van der Waals surface area (Å²) in [6, 6.07) is 13.5. The zero-order valence-electron chi connectivity index (χ0n) is 15.6. The fraction of sp³-hybridized carbons (Fsp3) is 0.150. The standard InChI is InChI=1S/C20H19FN2O4S/c1-13-8-9-14(28(25,26)23(2)3)12-17(13)22-20(24)19-11-10-18(27-19)15-6-4-5-7-16(15)21/h4-12H,1-3H3,(H,22,24). The van der Waals surface area contributed by atoms with Crippen LogP contribution in [-0.2, 0) is 10.0 Å². The van der Waals surface area contributed by atoms with Gasteiger partial charge in [0.2, 0.25) is 10.0 Å². The Balaban J connectivity index is 1.87. The first-order valence-electron chi connectivity index (χ1n) is 8.39. The molecule has 0 aliphatic rings. The third kappa shape index (κ3) is 3.83. The molecule has 1 N–H and O–H groups in total. The molecule has 1 heterocycles. The lowest BCUT2D eigenvalue weighted by Crippen LogP contribution is -2.22. The molecule has 3 aromatic rings. The molecule has 0 aliphatic carbocycles. The second-order valence-corrected chi connectivity index (χ2v) is 8.51. The van der Waals surface area contributed by atoms with Gasteiger partial charge in [0.25, 0.3) is 5.91 Å². The Bertz CT molecular complexity index is 1140. The van der Waals surface area contributed by atoms with Crippen LogP contribution in [0.2, 0.25) is 0 Å². The lowest BCUT2D eigenvalue weighted by Gasteiger charge is -2.14. The molecule has 6 nitrogen and oxygen atoms in total. The molecule has 146 valence electrons. The number of sulfonamides is 1. The fourth-order valence-electron chi connectivity index (χ4n) is 2.56. The van der Waals surface area contributed by atoms with Crippen molar-refractivity contribution in [1.29, 1.82) is 0 Å². The number of furan rings is 1. The van der Waals surface area contributed by atoms with Crippen LogP contribution in [0.4, 0.5) is 10.1 Å². The average Bonchev–Trinajstić information content (AvgIpc) is 3.13. The van der Waals surface area contributed by atoms with Crippen LogP contribution in [0.1, 0.15) is 16.1 Å². The molecule has 2 aromatic carbocycles. The molecule has 0 radical (unpaired) electrons. The van der Waals surface area contributed by atoms with Crippen molar-refractivity contribution >= 4 is 21.6 Å². The van der Waals surface area contributed by atoms with E-state index in [0.29, 0.717) is 11.3 Å². The van der Waals surface area contributed by atoms with Gasteiger partial charge in [-0.1, -0.05) is 18.2 Å². The smallest absolute Gasteiger partial charge is 0.291 e. The van der Waals surface area contributed by atoms with E-state index < -0.39 is 21.7 Å². The Hall–Kier alpha value is -2.97. The number of carbonyl (C=O) groups excluding carboxylic acids is 1. The monoisotopic (exact) mass is 402 g/mol. The zero-order valence-corrected chi connectivity index (χ0v) is 16.4. The van der Waals surface area contributed by atoms with Crippen molar-refractivity contribution < 1.29 is 22.0 Å². The minimum atomic E-state index is -3.64. The van der Waals surface area contributed by atoms with Crippen molar-refractivity contribution in [2.24, 2.45) is 0 Å². The van der Waals surface area contributed by atoms with E-state index in [1.165, 1.54) is 44.4 Å². The minimum absolute atomic E-state index is 0.0153. The summed E-state index contributed by atoms with van der Waals surface area (Å²) < 4.78 is 45.1. The van der Waals surface area contributed by atoms with Gasteiger partial charge in [-0.25, -0.2) is 17.1 Å². The maximum atomic E-state index is 13.9. The zero-order chi connectivity index (χ0) is 20.5. The number of amides is 1. The Morgan fingerprint density at radius 2 is 1.79 bits per heavy atom. The molecular formula is C20H19FN2O4S. The van der Waals surface area contributed by atoms with Gasteiger partial charge in [-0.05, 0) is 48.9 Å². The largest absolute Gasteiger partial charge is 0.451 e. The van der Waals surface area contributed by atoms with E-state index in [9.17, 15) is 17.6 Å². The molecule has 28 heavy (non-hydrogen) atoms. The maximum Gasteiger partial charge on any atom is 0.291 e. The Morgan fingerprint density at radius 1 is 1.07 bits per heavy atom. The highest BCUT2D eigenvalue weighted by Gasteiger charge is 2.20. The number of hydrogen-bond acceptors (Lipinski definition) is 4. The second kappa shape index (κ2) is 7.57. The van der Waals surface area contributed by atoms with E-state index >= 15 is 0 Å². The van der Waals surface area contributed by atoms with Crippen molar-refractivity contribution in [2.75, 3.05) is 19.4 Å². The quantitative estimate of drug-likeness (QED) is 0.702. The highest BCUT2D eigenvalue weighted by atomic mass is 32.2. The summed E-state index contributed by atoms with van der Waals surface area (Å²) in [5.74, 6) is -0.811. The van der Waals surface area contributed by atoms with Gasteiger partial charge in [-0.3, -0.25) is 4.79 Å². The summed E-state index contributed by atoms with van der Waals surface area (Å²) in [6.07, 6.45) is 0. The number of halogens is 1. The minimum Gasteiger partial charge on any atom is -0.451 e. The van der Waals surface area contributed by atoms with Gasteiger partial charge in [0.15, 0.2) is 5.76 Å². The van der Waals surface area contributed by atoms with Gasteiger partial charge in [0, 0.05) is 19.8 Å². The summed E-state index contributed by atoms with van der Waals surface area (Å²) in [5, 5.41) is 2.65. The first-order chi connectivity index (χ1) is 13.2. The first kappa shape index (κ1) is 19.8. The van der Waals surface area contributed by atoms with Crippen LogP contribution in [0, 0.1) is 12.7 Å². The summed E-state index contributed by atoms with van der Waals surface area (Å²) >= 11 is 0. The van der Waals surface area contributed by atoms with Crippen LogP contribution in [-0.4, -0.2) is 32.7 Å².